The van der Waals surface area contributed by atoms with Crippen molar-refractivity contribution < 1.29 is 14.3 Å². The lowest BCUT2D eigenvalue weighted by atomic mass is 10.1. The van der Waals surface area contributed by atoms with Crippen LogP contribution in [0.5, 0.6) is 0 Å². The Bertz CT molecular complexity index is 791. The van der Waals surface area contributed by atoms with Gasteiger partial charge in [-0.2, -0.15) is 4.98 Å². The van der Waals surface area contributed by atoms with E-state index in [0.717, 1.165) is 27.9 Å². The van der Waals surface area contributed by atoms with Gasteiger partial charge in [0, 0.05) is 5.69 Å². The average molecular weight is 282 g/mol. The number of hydrogen-bond donors (Lipinski definition) is 2. The highest BCUT2D eigenvalue weighted by atomic mass is 16.4. The van der Waals surface area contributed by atoms with Crippen molar-refractivity contribution in [3.05, 3.63) is 53.6 Å². The molecule has 1 aromatic heterocycles. The zero-order valence-electron chi connectivity index (χ0n) is 11.5. The Labute approximate surface area is 121 Å². The number of para-hydroxylation sites is 1. The molecule has 0 saturated carbocycles. The van der Waals surface area contributed by atoms with E-state index in [1.54, 1.807) is 24.3 Å². The normalized spacial score (nSPS) is 10.7. The highest BCUT2D eigenvalue weighted by Crippen LogP contribution is 2.24. The molecule has 3 rings (SSSR count). The number of aliphatic carboxylic acids is 1. The summed E-state index contributed by atoms with van der Waals surface area (Å²) in [5, 5.41) is 11.8. The molecule has 0 aliphatic heterocycles. The standard InChI is InChI=1S/C16H14N2O3/c1-10-3-2-4-13-15(10)18-16(21-13)17-12-7-5-11(6-8-12)9-14(19)20/h2-8H,9H2,1H3,(H,17,18)(H,19,20). The number of rotatable bonds is 4. The van der Waals surface area contributed by atoms with Crippen LogP contribution in [-0.2, 0) is 11.2 Å². The fraction of sp³-hybridized carbons (Fsp3) is 0.125. The van der Waals surface area contributed by atoms with Gasteiger partial charge in [-0.05, 0) is 36.2 Å². The van der Waals surface area contributed by atoms with Gasteiger partial charge in [-0.15, -0.1) is 0 Å². The van der Waals surface area contributed by atoms with Gasteiger partial charge in [-0.1, -0.05) is 24.3 Å². The molecule has 5 nitrogen and oxygen atoms in total. The van der Waals surface area contributed by atoms with E-state index in [0.29, 0.717) is 6.01 Å². The number of oxazole rings is 1. The molecule has 0 radical (unpaired) electrons. The quantitative estimate of drug-likeness (QED) is 0.766. The molecule has 5 heteroatoms. The molecular weight excluding hydrogens is 268 g/mol. The number of carboxylic acids is 1. The first kappa shape index (κ1) is 13.2. The Balaban J connectivity index is 1.81. The molecule has 0 unspecified atom stereocenters. The van der Waals surface area contributed by atoms with Crippen LogP contribution in [0, 0.1) is 6.92 Å². The summed E-state index contributed by atoms with van der Waals surface area (Å²) >= 11 is 0. The first-order valence-corrected chi connectivity index (χ1v) is 6.56. The predicted molar refractivity (Wildman–Crippen MR) is 79.8 cm³/mol. The number of benzene rings is 2. The van der Waals surface area contributed by atoms with Crippen LogP contribution in [0.25, 0.3) is 11.1 Å². The summed E-state index contributed by atoms with van der Waals surface area (Å²) in [7, 11) is 0. The molecule has 2 aromatic carbocycles. The molecule has 0 fully saturated rings. The zero-order chi connectivity index (χ0) is 14.8. The van der Waals surface area contributed by atoms with Crippen molar-refractivity contribution in [2.24, 2.45) is 0 Å². The van der Waals surface area contributed by atoms with Crippen molar-refractivity contribution in [1.82, 2.24) is 4.98 Å². The number of anilines is 2. The number of hydrogen-bond acceptors (Lipinski definition) is 4. The van der Waals surface area contributed by atoms with Gasteiger partial charge in [-0.25, -0.2) is 0 Å². The van der Waals surface area contributed by atoms with Crippen LogP contribution in [0.1, 0.15) is 11.1 Å². The fourth-order valence-electron chi connectivity index (χ4n) is 2.14. The van der Waals surface area contributed by atoms with Crippen LogP contribution in [0.15, 0.2) is 46.9 Å². The van der Waals surface area contributed by atoms with Crippen LogP contribution < -0.4 is 5.32 Å². The third-order valence-corrected chi connectivity index (χ3v) is 3.18. The topological polar surface area (TPSA) is 75.4 Å². The van der Waals surface area contributed by atoms with Gasteiger partial charge in [0.25, 0.3) is 6.01 Å². The van der Waals surface area contributed by atoms with Crippen LogP contribution in [0.2, 0.25) is 0 Å². The van der Waals surface area contributed by atoms with Crippen LogP contribution in [0.4, 0.5) is 11.7 Å². The molecule has 0 atom stereocenters. The second kappa shape index (κ2) is 5.28. The number of nitrogens with one attached hydrogen (secondary N) is 1. The molecule has 21 heavy (non-hydrogen) atoms. The van der Waals surface area contributed by atoms with E-state index in [1.807, 2.05) is 25.1 Å². The summed E-state index contributed by atoms with van der Waals surface area (Å²) in [6.45, 7) is 1.98. The minimum atomic E-state index is -0.842. The van der Waals surface area contributed by atoms with Crippen molar-refractivity contribution in [2.75, 3.05) is 5.32 Å². The van der Waals surface area contributed by atoms with E-state index in [-0.39, 0.29) is 6.42 Å². The van der Waals surface area contributed by atoms with Crippen LogP contribution in [-0.4, -0.2) is 16.1 Å². The SMILES string of the molecule is Cc1cccc2oc(Nc3ccc(CC(=O)O)cc3)nc12. The first-order chi connectivity index (χ1) is 10.1. The Morgan fingerprint density at radius 1 is 1.24 bits per heavy atom. The summed E-state index contributed by atoms with van der Waals surface area (Å²) in [6.07, 6.45) is 0.0162. The summed E-state index contributed by atoms with van der Waals surface area (Å²) in [4.78, 5) is 15.0. The van der Waals surface area contributed by atoms with Crippen molar-refractivity contribution >= 4 is 28.8 Å². The van der Waals surface area contributed by atoms with Gasteiger partial charge in [0.1, 0.15) is 5.52 Å². The Hall–Kier alpha value is -2.82. The number of fused-ring (bicyclic) bond motifs is 1. The highest BCUT2D eigenvalue weighted by molar-refractivity contribution is 5.78. The fourth-order valence-corrected chi connectivity index (χ4v) is 2.14. The molecule has 0 aliphatic rings. The van der Waals surface area contributed by atoms with E-state index in [4.69, 9.17) is 9.52 Å². The molecule has 106 valence electrons. The van der Waals surface area contributed by atoms with Crippen molar-refractivity contribution in [3.63, 3.8) is 0 Å². The Morgan fingerprint density at radius 2 is 2.00 bits per heavy atom. The maximum absolute atomic E-state index is 10.6. The zero-order valence-corrected chi connectivity index (χ0v) is 11.5. The molecule has 1 heterocycles. The van der Waals surface area contributed by atoms with Gasteiger partial charge in [0.2, 0.25) is 0 Å². The van der Waals surface area contributed by atoms with E-state index in [2.05, 4.69) is 10.3 Å². The predicted octanol–water partition coefficient (Wildman–Crippen LogP) is 3.51. The molecule has 0 bridgehead atoms. The number of nitrogens with zero attached hydrogens (tertiary/aromatic N) is 1. The molecule has 0 aliphatic carbocycles. The molecule has 2 N–H and O–H groups in total. The number of carboxylic acid groups (broad SMARTS) is 1. The third kappa shape index (κ3) is 2.86. The number of aryl methyl sites for hydroxylation is 1. The maximum atomic E-state index is 10.6. The van der Waals surface area contributed by atoms with Crippen molar-refractivity contribution in [1.29, 1.82) is 0 Å². The number of carbonyl (C=O) groups is 1. The molecule has 0 saturated heterocycles. The average Bonchev–Trinajstić information content (AvgIpc) is 2.84. The van der Waals surface area contributed by atoms with Gasteiger partial charge in [0.05, 0.1) is 6.42 Å². The van der Waals surface area contributed by atoms with Crippen molar-refractivity contribution in [3.8, 4) is 0 Å². The smallest absolute Gasteiger partial charge is 0.307 e. The van der Waals surface area contributed by atoms with E-state index < -0.39 is 5.97 Å². The summed E-state index contributed by atoms with van der Waals surface area (Å²) in [5.41, 5.74) is 4.18. The highest BCUT2D eigenvalue weighted by Gasteiger charge is 2.08. The minimum absolute atomic E-state index is 0.0162. The minimum Gasteiger partial charge on any atom is -0.481 e. The van der Waals surface area contributed by atoms with Crippen LogP contribution >= 0.6 is 0 Å². The molecule has 3 aromatic rings. The van der Waals surface area contributed by atoms with Gasteiger partial charge < -0.3 is 14.8 Å². The second-order valence-electron chi connectivity index (χ2n) is 4.83. The number of aromatic nitrogens is 1. The summed E-state index contributed by atoms with van der Waals surface area (Å²) < 4.78 is 5.63. The molecular formula is C16H14N2O3. The lowest BCUT2D eigenvalue weighted by Crippen LogP contribution is -1.99. The first-order valence-electron chi connectivity index (χ1n) is 6.56. The molecule has 0 amide bonds. The van der Waals surface area contributed by atoms with Crippen LogP contribution in [0.3, 0.4) is 0 Å². The second-order valence-corrected chi connectivity index (χ2v) is 4.83. The van der Waals surface area contributed by atoms with Gasteiger partial charge in [-0.3, -0.25) is 4.79 Å². The van der Waals surface area contributed by atoms with E-state index >= 15 is 0 Å². The lowest BCUT2D eigenvalue weighted by molar-refractivity contribution is -0.136. The molecule has 0 spiro atoms. The monoisotopic (exact) mass is 282 g/mol. The van der Waals surface area contributed by atoms with Gasteiger partial charge in [0.15, 0.2) is 5.58 Å². The Morgan fingerprint density at radius 3 is 2.67 bits per heavy atom. The van der Waals surface area contributed by atoms with Crippen molar-refractivity contribution in [2.45, 2.75) is 13.3 Å². The van der Waals surface area contributed by atoms with E-state index in [1.165, 1.54) is 0 Å². The van der Waals surface area contributed by atoms with E-state index in [9.17, 15) is 4.79 Å². The third-order valence-electron chi connectivity index (χ3n) is 3.18. The summed E-state index contributed by atoms with van der Waals surface area (Å²) in [5.74, 6) is -0.842. The maximum Gasteiger partial charge on any atom is 0.307 e. The summed E-state index contributed by atoms with van der Waals surface area (Å²) in [6, 6.07) is 13.3. The largest absolute Gasteiger partial charge is 0.481 e. The van der Waals surface area contributed by atoms with Gasteiger partial charge >= 0.3 is 5.97 Å². The Kier molecular flexibility index (Phi) is 3.31. The lowest BCUT2D eigenvalue weighted by Gasteiger charge is -2.02.